The lowest BCUT2D eigenvalue weighted by molar-refractivity contribution is -0.161. The quantitative estimate of drug-likeness (QED) is 0.293. The van der Waals surface area contributed by atoms with E-state index in [1.807, 2.05) is 54.6 Å². The zero-order valence-corrected chi connectivity index (χ0v) is 20.7. The molecule has 0 amide bonds. The number of ether oxygens (including phenoxy) is 1. The average Bonchev–Trinajstić information content (AvgIpc) is 2.87. The Morgan fingerprint density at radius 1 is 0.829 bits per heavy atom. The highest BCUT2D eigenvalue weighted by atomic mass is 16.6. The lowest BCUT2D eigenvalue weighted by atomic mass is 9.79. The second-order valence-corrected chi connectivity index (χ2v) is 9.69. The number of hydrogen-bond donors (Lipinski definition) is 1. The van der Waals surface area contributed by atoms with Gasteiger partial charge in [0.1, 0.15) is 11.4 Å². The van der Waals surface area contributed by atoms with Gasteiger partial charge in [-0.25, -0.2) is 4.79 Å². The van der Waals surface area contributed by atoms with Crippen LogP contribution >= 0.6 is 0 Å². The largest absolute Gasteiger partial charge is 0.512 e. The van der Waals surface area contributed by atoms with E-state index in [0.717, 1.165) is 50.5 Å². The van der Waals surface area contributed by atoms with Crippen LogP contribution in [-0.2, 0) is 22.4 Å². The average molecular weight is 469 g/mol. The normalized spacial score (nSPS) is 18.8. The van der Waals surface area contributed by atoms with Gasteiger partial charge >= 0.3 is 5.97 Å². The first kappa shape index (κ1) is 24.8. The third-order valence-corrected chi connectivity index (χ3v) is 7.09. The first-order valence-corrected chi connectivity index (χ1v) is 12.9. The zero-order chi connectivity index (χ0) is 24.5. The predicted octanol–water partition coefficient (Wildman–Crippen LogP) is 7.72. The minimum atomic E-state index is -0.630. The molecule has 35 heavy (non-hydrogen) atoms. The van der Waals surface area contributed by atoms with Crippen molar-refractivity contribution in [2.24, 2.45) is 0 Å². The Morgan fingerprint density at radius 3 is 1.97 bits per heavy atom. The Kier molecular flexibility index (Phi) is 8.41. The summed E-state index contributed by atoms with van der Waals surface area (Å²) in [5.41, 5.74) is 3.34. The van der Waals surface area contributed by atoms with Crippen molar-refractivity contribution < 1.29 is 14.6 Å². The van der Waals surface area contributed by atoms with Gasteiger partial charge in [-0.2, -0.15) is 0 Å². The molecule has 182 valence electrons. The fraction of sp³-hybridized carbons (Fsp3) is 0.344. The SMILES string of the molecule is CCCC1(CCCc2ccccc2)CC(O)=C(C(CCc2ccccc2)c2ccccc2)C(=O)O1. The topological polar surface area (TPSA) is 46.5 Å². The number of carbonyl (C=O) groups is 1. The van der Waals surface area contributed by atoms with Crippen molar-refractivity contribution in [3.63, 3.8) is 0 Å². The van der Waals surface area contributed by atoms with Crippen LogP contribution in [0, 0.1) is 0 Å². The van der Waals surface area contributed by atoms with Crippen molar-refractivity contribution in [1.82, 2.24) is 0 Å². The molecule has 0 bridgehead atoms. The molecule has 0 fully saturated rings. The van der Waals surface area contributed by atoms with Crippen molar-refractivity contribution in [2.45, 2.75) is 69.8 Å². The van der Waals surface area contributed by atoms with Crippen LogP contribution in [0.25, 0.3) is 0 Å². The van der Waals surface area contributed by atoms with E-state index < -0.39 is 5.60 Å². The molecule has 1 N–H and O–H groups in total. The minimum Gasteiger partial charge on any atom is -0.512 e. The zero-order valence-electron chi connectivity index (χ0n) is 20.7. The molecule has 3 nitrogen and oxygen atoms in total. The summed E-state index contributed by atoms with van der Waals surface area (Å²) < 4.78 is 6.23. The molecule has 2 atom stereocenters. The molecule has 2 unspecified atom stereocenters. The van der Waals surface area contributed by atoms with Crippen LogP contribution in [0.5, 0.6) is 0 Å². The van der Waals surface area contributed by atoms with Gasteiger partial charge in [-0.15, -0.1) is 0 Å². The number of esters is 1. The molecule has 1 aliphatic heterocycles. The number of benzene rings is 3. The number of aliphatic hydroxyl groups is 1. The van der Waals surface area contributed by atoms with Gasteiger partial charge in [-0.1, -0.05) is 104 Å². The number of rotatable bonds is 11. The van der Waals surface area contributed by atoms with Crippen LogP contribution < -0.4 is 0 Å². The second kappa shape index (κ2) is 11.9. The fourth-order valence-electron chi connectivity index (χ4n) is 5.39. The smallest absolute Gasteiger partial charge is 0.338 e. The van der Waals surface area contributed by atoms with Crippen molar-refractivity contribution >= 4 is 5.97 Å². The Morgan fingerprint density at radius 2 is 1.40 bits per heavy atom. The molecule has 0 aromatic heterocycles. The number of aliphatic hydroxyl groups excluding tert-OH is 1. The highest BCUT2D eigenvalue weighted by molar-refractivity contribution is 5.92. The maximum absolute atomic E-state index is 13.5. The van der Waals surface area contributed by atoms with E-state index in [1.165, 1.54) is 11.1 Å². The van der Waals surface area contributed by atoms with Crippen LogP contribution in [0.4, 0.5) is 0 Å². The minimum absolute atomic E-state index is 0.201. The first-order chi connectivity index (χ1) is 17.1. The van der Waals surface area contributed by atoms with Gasteiger partial charge in [0.25, 0.3) is 0 Å². The maximum atomic E-state index is 13.5. The van der Waals surface area contributed by atoms with Gasteiger partial charge in [0.2, 0.25) is 0 Å². The van der Waals surface area contributed by atoms with Crippen molar-refractivity contribution in [1.29, 1.82) is 0 Å². The van der Waals surface area contributed by atoms with E-state index in [9.17, 15) is 9.90 Å². The lowest BCUT2D eigenvalue weighted by Gasteiger charge is -2.39. The highest BCUT2D eigenvalue weighted by Crippen LogP contribution is 2.42. The summed E-state index contributed by atoms with van der Waals surface area (Å²) in [5.74, 6) is -0.354. The maximum Gasteiger partial charge on any atom is 0.338 e. The summed E-state index contributed by atoms with van der Waals surface area (Å²) in [4.78, 5) is 13.5. The molecule has 0 radical (unpaired) electrons. The number of carbonyl (C=O) groups excluding carboxylic acids is 1. The highest BCUT2D eigenvalue weighted by Gasteiger charge is 2.43. The van der Waals surface area contributed by atoms with E-state index >= 15 is 0 Å². The third kappa shape index (κ3) is 6.42. The Labute approximate surface area is 209 Å². The molecule has 3 heteroatoms. The summed E-state index contributed by atoms with van der Waals surface area (Å²) in [6.45, 7) is 2.11. The fourth-order valence-corrected chi connectivity index (χ4v) is 5.39. The molecule has 3 aromatic carbocycles. The molecule has 1 heterocycles. The molecular weight excluding hydrogens is 432 g/mol. The summed E-state index contributed by atoms with van der Waals surface area (Å²) >= 11 is 0. The van der Waals surface area contributed by atoms with Gasteiger partial charge in [0.15, 0.2) is 0 Å². The van der Waals surface area contributed by atoms with Gasteiger partial charge in [0.05, 0.1) is 5.57 Å². The van der Waals surface area contributed by atoms with Crippen molar-refractivity contribution in [3.05, 3.63) is 119 Å². The second-order valence-electron chi connectivity index (χ2n) is 9.69. The van der Waals surface area contributed by atoms with E-state index in [0.29, 0.717) is 12.0 Å². The van der Waals surface area contributed by atoms with Gasteiger partial charge in [-0.05, 0) is 55.2 Å². The van der Waals surface area contributed by atoms with E-state index in [1.54, 1.807) is 0 Å². The van der Waals surface area contributed by atoms with E-state index in [2.05, 4.69) is 43.3 Å². The third-order valence-electron chi connectivity index (χ3n) is 7.09. The molecule has 0 saturated heterocycles. The number of hydrogen-bond acceptors (Lipinski definition) is 3. The first-order valence-electron chi connectivity index (χ1n) is 12.9. The molecule has 0 saturated carbocycles. The number of aryl methyl sites for hydroxylation is 2. The predicted molar refractivity (Wildman–Crippen MR) is 141 cm³/mol. The Hall–Kier alpha value is -3.33. The summed E-state index contributed by atoms with van der Waals surface area (Å²) in [6.07, 6.45) is 6.20. The monoisotopic (exact) mass is 468 g/mol. The van der Waals surface area contributed by atoms with Crippen LogP contribution in [-0.4, -0.2) is 16.7 Å². The van der Waals surface area contributed by atoms with Gasteiger partial charge in [0, 0.05) is 12.3 Å². The Bertz CT molecular complexity index is 1110. The van der Waals surface area contributed by atoms with Gasteiger partial charge in [-0.3, -0.25) is 0 Å². The molecule has 3 aromatic rings. The molecule has 0 aliphatic carbocycles. The van der Waals surface area contributed by atoms with Crippen LogP contribution in [0.3, 0.4) is 0 Å². The summed E-state index contributed by atoms with van der Waals surface area (Å²) in [7, 11) is 0. The van der Waals surface area contributed by atoms with E-state index in [4.69, 9.17) is 4.74 Å². The lowest BCUT2D eigenvalue weighted by Crippen LogP contribution is -2.41. The molecule has 1 aliphatic rings. The Balaban J connectivity index is 1.56. The van der Waals surface area contributed by atoms with Crippen molar-refractivity contribution in [2.75, 3.05) is 0 Å². The van der Waals surface area contributed by atoms with Gasteiger partial charge < -0.3 is 9.84 Å². The van der Waals surface area contributed by atoms with Crippen LogP contribution in [0.1, 0.15) is 68.1 Å². The summed E-state index contributed by atoms with van der Waals surface area (Å²) in [5, 5.41) is 11.3. The van der Waals surface area contributed by atoms with Crippen LogP contribution in [0.15, 0.2) is 102 Å². The standard InChI is InChI=1S/C32H36O3/c1-2-22-32(23-12-17-25-13-6-3-7-14-25)24-29(33)30(31(34)35-32)28(27-18-10-5-11-19-27)21-20-26-15-8-4-9-16-26/h3-11,13-16,18-19,28,33H,2,12,17,20-24H2,1H3. The van der Waals surface area contributed by atoms with Crippen molar-refractivity contribution in [3.8, 4) is 0 Å². The van der Waals surface area contributed by atoms with E-state index in [-0.39, 0.29) is 17.6 Å². The summed E-state index contributed by atoms with van der Waals surface area (Å²) in [6, 6.07) is 30.7. The molecular formula is C32H36O3. The molecule has 0 spiro atoms. The molecule has 4 rings (SSSR count). The van der Waals surface area contributed by atoms with Crippen LogP contribution in [0.2, 0.25) is 0 Å². The number of cyclic esters (lactones) is 1.